The van der Waals surface area contributed by atoms with Crippen molar-refractivity contribution < 1.29 is 4.79 Å². The normalized spacial score (nSPS) is 12.6. The maximum atomic E-state index is 10.5. The van der Waals surface area contributed by atoms with Crippen molar-refractivity contribution in [3.63, 3.8) is 0 Å². The smallest absolute Gasteiger partial charge is 0.218 e. The zero-order chi connectivity index (χ0) is 10.4. The van der Waals surface area contributed by atoms with Crippen LogP contribution in [0.15, 0.2) is 18.7 Å². The number of nitrogens with one attached hydrogen (secondary N) is 1. The summed E-state index contributed by atoms with van der Waals surface area (Å²) in [5.41, 5.74) is 5.02. The van der Waals surface area contributed by atoms with Crippen LogP contribution in [0.2, 0.25) is 0 Å². The Morgan fingerprint density at radius 1 is 1.71 bits per heavy atom. The third-order valence-electron chi connectivity index (χ3n) is 1.91. The molecule has 5 heteroatoms. The minimum absolute atomic E-state index is 0.271. The molecule has 0 aliphatic carbocycles. The van der Waals surface area contributed by atoms with Gasteiger partial charge in [-0.2, -0.15) is 0 Å². The highest BCUT2D eigenvalue weighted by Crippen LogP contribution is 1.91. The molecular formula is C9H16N4O. The van der Waals surface area contributed by atoms with Gasteiger partial charge in [-0.3, -0.25) is 4.79 Å². The average molecular weight is 196 g/mol. The topological polar surface area (TPSA) is 72.9 Å². The molecule has 0 aliphatic heterocycles. The van der Waals surface area contributed by atoms with E-state index in [0.29, 0.717) is 19.0 Å². The largest absolute Gasteiger partial charge is 0.370 e. The zero-order valence-corrected chi connectivity index (χ0v) is 8.31. The van der Waals surface area contributed by atoms with E-state index in [0.717, 1.165) is 6.54 Å². The summed E-state index contributed by atoms with van der Waals surface area (Å²) in [6.45, 7) is 3.53. The Labute approximate surface area is 83.3 Å². The van der Waals surface area contributed by atoms with Crippen molar-refractivity contribution in [1.29, 1.82) is 0 Å². The van der Waals surface area contributed by atoms with E-state index in [2.05, 4.69) is 17.2 Å². The highest BCUT2D eigenvalue weighted by atomic mass is 16.1. The van der Waals surface area contributed by atoms with Crippen molar-refractivity contribution in [2.24, 2.45) is 5.73 Å². The van der Waals surface area contributed by atoms with Crippen LogP contribution in [0.3, 0.4) is 0 Å². The van der Waals surface area contributed by atoms with Crippen LogP contribution in [0.4, 0.5) is 0 Å². The van der Waals surface area contributed by atoms with Crippen molar-refractivity contribution in [3.05, 3.63) is 18.7 Å². The minimum Gasteiger partial charge on any atom is -0.370 e. The predicted octanol–water partition coefficient (Wildman–Crippen LogP) is -0.263. The van der Waals surface area contributed by atoms with Crippen LogP contribution in [0.1, 0.15) is 13.3 Å². The highest BCUT2D eigenvalue weighted by molar-refractivity contribution is 5.73. The maximum Gasteiger partial charge on any atom is 0.218 e. The summed E-state index contributed by atoms with van der Waals surface area (Å²) in [5.74, 6) is -0.271. The van der Waals surface area contributed by atoms with Gasteiger partial charge in [-0.05, 0) is 6.92 Å². The molecule has 1 atom stereocenters. The van der Waals surface area contributed by atoms with Crippen LogP contribution in [-0.4, -0.2) is 28.0 Å². The highest BCUT2D eigenvalue weighted by Gasteiger charge is 2.02. The molecule has 0 radical (unpaired) electrons. The van der Waals surface area contributed by atoms with Gasteiger partial charge in [0.15, 0.2) is 0 Å². The number of nitrogens with two attached hydrogens (primary N) is 1. The first-order valence-corrected chi connectivity index (χ1v) is 4.66. The fraction of sp³-hybridized carbons (Fsp3) is 0.556. The molecule has 3 N–H and O–H groups in total. The first-order chi connectivity index (χ1) is 6.68. The maximum absolute atomic E-state index is 10.5. The number of hydrogen-bond donors (Lipinski definition) is 2. The van der Waals surface area contributed by atoms with Crippen LogP contribution in [0.5, 0.6) is 0 Å². The van der Waals surface area contributed by atoms with Gasteiger partial charge in [-0.15, -0.1) is 0 Å². The lowest BCUT2D eigenvalue weighted by atomic mass is 10.3. The molecule has 0 saturated carbocycles. The predicted molar refractivity (Wildman–Crippen MR) is 53.5 cm³/mol. The van der Waals surface area contributed by atoms with Gasteiger partial charge < -0.3 is 15.6 Å². The monoisotopic (exact) mass is 196 g/mol. The molecule has 0 bridgehead atoms. The number of aromatic nitrogens is 2. The number of amides is 1. The van der Waals surface area contributed by atoms with Gasteiger partial charge >= 0.3 is 0 Å². The lowest BCUT2D eigenvalue weighted by Gasteiger charge is -2.13. The van der Waals surface area contributed by atoms with E-state index in [1.807, 2.05) is 10.8 Å². The lowest BCUT2D eigenvalue weighted by Crippen LogP contribution is -2.32. The molecule has 78 valence electrons. The summed E-state index contributed by atoms with van der Waals surface area (Å²) < 4.78 is 1.99. The molecule has 5 nitrogen and oxygen atoms in total. The van der Waals surface area contributed by atoms with E-state index in [9.17, 15) is 4.79 Å². The summed E-state index contributed by atoms with van der Waals surface area (Å²) in [5, 5.41) is 3.20. The number of imidazole rings is 1. The molecule has 1 amide bonds. The number of carbonyl (C=O) groups is 1. The summed E-state index contributed by atoms with van der Waals surface area (Å²) in [4.78, 5) is 14.4. The molecule has 1 aromatic rings. The van der Waals surface area contributed by atoms with Crippen LogP contribution < -0.4 is 11.1 Å². The van der Waals surface area contributed by atoms with Gasteiger partial charge in [0.05, 0.1) is 6.33 Å². The van der Waals surface area contributed by atoms with Crippen molar-refractivity contribution in [2.45, 2.75) is 25.9 Å². The Bertz CT molecular complexity index is 270. The number of rotatable bonds is 6. The van der Waals surface area contributed by atoms with Gasteiger partial charge in [0.25, 0.3) is 0 Å². The van der Waals surface area contributed by atoms with Crippen LogP contribution in [-0.2, 0) is 11.3 Å². The van der Waals surface area contributed by atoms with Crippen LogP contribution in [0.25, 0.3) is 0 Å². The molecule has 1 rings (SSSR count). The lowest BCUT2D eigenvalue weighted by molar-refractivity contribution is -0.117. The van der Waals surface area contributed by atoms with E-state index in [-0.39, 0.29) is 5.91 Å². The standard InChI is InChI=1S/C9H16N4O/c1-8(12-3-2-9(10)14)6-13-5-4-11-7-13/h4-5,7-8,12H,2-3,6H2,1H3,(H2,10,14). The van der Waals surface area contributed by atoms with Crippen molar-refractivity contribution >= 4 is 5.91 Å². The molecule has 1 heterocycles. The summed E-state index contributed by atoms with van der Waals surface area (Å²) in [6, 6.07) is 0.309. The summed E-state index contributed by atoms with van der Waals surface area (Å²) >= 11 is 0. The minimum atomic E-state index is -0.271. The first-order valence-electron chi connectivity index (χ1n) is 4.66. The Balaban J connectivity index is 2.16. The first kappa shape index (κ1) is 10.7. The van der Waals surface area contributed by atoms with Gasteiger partial charge in [0.1, 0.15) is 0 Å². The van der Waals surface area contributed by atoms with Gasteiger partial charge in [0.2, 0.25) is 5.91 Å². The molecule has 14 heavy (non-hydrogen) atoms. The van der Waals surface area contributed by atoms with Crippen LogP contribution in [0, 0.1) is 0 Å². The molecule has 1 unspecified atom stereocenters. The van der Waals surface area contributed by atoms with Gasteiger partial charge in [-0.1, -0.05) is 0 Å². The van der Waals surface area contributed by atoms with Crippen molar-refractivity contribution in [1.82, 2.24) is 14.9 Å². The van der Waals surface area contributed by atoms with Crippen molar-refractivity contribution in [3.8, 4) is 0 Å². The van der Waals surface area contributed by atoms with Gasteiger partial charge in [0, 0.05) is 37.9 Å². The zero-order valence-electron chi connectivity index (χ0n) is 8.31. The second-order valence-electron chi connectivity index (χ2n) is 3.33. The van der Waals surface area contributed by atoms with E-state index >= 15 is 0 Å². The third kappa shape index (κ3) is 4.04. The molecule has 0 aromatic carbocycles. The molecule has 0 saturated heterocycles. The second-order valence-corrected chi connectivity index (χ2v) is 3.33. The molecule has 0 spiro atoms. The number of primary amides is 1. The van der Waals surface area contributed by atoms with E-state index in [1.165, 1.54) is 0 Å². The summed E-state index contributed by atoms with van der Waals surface area (Å²) in [6.07, 6.45) is 5.81. The van der Waals surface area contributed by atoms with Crippen LogP contribution >= 0.6 is 0 Å². The quantitative estimate of drug-likeness (QED) is 0.658. The molecule has 0 fully saturated rings. The second kappa shape index (κ2) is 5.39. The Morgan fingerprint density at radius 3 is 3.07 bits per heavy atom. The van der Waals surface area contributed by atoms with E-state index in [4.69, 9.17) is 5.73 Å². The average Bonchev–Trinajstić information content (AvgIpc) is 2.56. The Morgan fingerprint density at radius 2 is 2.50 bits per heavy atom. The number of carbonyl (C=O) groups excluding carboxylic acids is 1. The number of nitrogens with zero attached hydrogens (tertiary/aromatic N) is 2. The summed E-state index contributed by atoms with van der Waals surface area (Å²) in [7, 11) is 0. The fourth-order valence-electron chi connectivity index (χ4n) is 1.22. The SMILES string of the molecule is CC(Cn1ccnc1)NCCC(N)=O. The third-order valence-corrected chi connectivity index (χ3v) is 1.91. The molecule has 0 aliphatic rings. The van der Waals surface area contributed by atoms with Crippen molar-refractivity contribution in [2.75, 3.05) is 6.54 Å². The Hall–Kier alpha value is -1.36. The molecular weight excluding hydrogens is 180 g/mol. The van der Waals surface area contributed by atoms with Gasteiger partial charge in [-0.25, -0.2) is 4.98 Å². The molecule has 1 aromatic heterocycles. The fourth-order valence-corrected chi connectivity index (χ4v) is 1.22. The Kier molecular flexibility index (Phi) is 4.12. The van der Waals surface area contributed by atoms with E-state index < -0.39 is 0 Å². The van der Waals surface area contributed by atoms with E-state index in [1.54, 1.807) is 12.5 Å². The number of hydrogen-bond acceptors (Lipinski definition) is 3.